The van der Waals surface area contributed by atoms with Gasteiger partial charge in [-0.05, 0) is 24.8 Å². The van der Waals surface area contributed by atoms with E-state index in [2.05, 4.69) is 15.6 Å². The summed E-state index contributed by atoms with van der Waals surface area (Å²) in [5, 5.41) is 5.49. The summed E-state index contributed by atoms with van der Waals surface area (Å²) in [5.41, 5.74) is 1.06. The Labute approximate surface area is 134 Å². The van der Waals surface area contributed by atoms with Crippen LogP contribution >= 0.6 is 0 Å². The van der Waals surface area contributed by atoms with E-state index in [1.54, 1.807) is 25.4 Å². The average Bonchev–Trinajstić information content (AvgIpc) is 2.93. The van der Waals surface area contributed by atoms with Crippen molar-refractivity contribution >= 4 is 17.9 Å². The minimum absolute atomic E-state index is 0.117. The summed E-state index contributed by atoms with van der Waals surface area (Å²) in [6.07, 6.45) is 5.37. The van der Waals surface area contributed by atoms with Crippen LogP contribution in [0.3, 0.4) is 0 Å². The molecule has 23 heavy (non-hydrogen) atoms. The van der Waals surface area contributed by atoms with Crippen LogP contribution < -0.4 is 10.6 Å². The number of carbonyl (C=O) groups excluding carboxylic acids is 2. The van der Waals surface area contributed by atoms with Crippen LogP contribution in [0.4, 0.5) is 4.39 Å². The molecule has 124 valence electrons. The minimum atomic E-state index is -0.982. The molecular formula is C16H21FN4O2. The lowest BCUT2D eigenvalue weighted by molar-refractivity contribution is -0.126. The predicted octanol–water partition coefficient (Wildman–Crippen LogP) is 0.613. The molecule has 0 spiro atoms. The monoisotopic (exact) mass is 320 g/mol. The number of hydrogen-bond donors (Lipinski definition) is 2. The van der Waals surface area contributed by atoms with Gasteiger partial charge >= 0.3 is 0 Å². The number of pyridine rings is 1. The number of alkyl halides is 1. The Hall–Kier alpha value is -2.28. The fourth-order valence-electron chi connectivity index (χ4n) is 2.64. The molecule has 1 aromatic heterocycles. The first-order valence-corrected chi connectivity index (χ1v) is 7.49. The van der Waals surface area contributed by atoms with Crippen LogP contribution in [0.25, 0.3) is 6.08 Å². The van der Waals surface area contributed by atoms with E-state index in [9.17, 15) is 14.0 Å². The maximum absolute atomic E-state index is 13.6. The second-order valence-corrected chi connectivity index (χ2v) is 5.45. The molecule has 6 nitrogen and oxygen atoms in total. The molecule has 0 saturated carbocycles. The zero-order chi connectivity index (χ0) is 16.8. The third kappa shape index (κ3) is 4.35. The van der Waals surface area contributed by atoms with Crippen molar-refractivity contribution in [1.82, 2.24) is 20.5 Å². The molecule has 1 saturated heterocycles. The number of aromatic nitrogens is 1. The van der Waals surface area contributed by atoms with E-state index < -0.39 is 6.17 Å². The molecule has 2 amide bonds. The zero-order valence-electron chi connectivity index (χ0n) is 13.3. The maximum atomic E-state index is 13.6. The number of nitrogens with one attached hydrogen (secondary N) is 2. The number of hydrogen-bond acceptors (Lipinski definition) is 4. The van der Waals surface area contributed by atoms with Crippen molar-refractivity contribution in [2.75, 3.05) is 27.2 Å². The van der Waals surface area contributed by atoms with Gasteiger partial charge in [0.1, 0.15) is 6.17 Å². The molecular weight excluding hydrogens is 299 g/mol. The van der Waals surface area contributed by atoms with E-state index in [0.717, 1.165) is 0 Å². The molecule has 0 aromatic carbocycles. The first-order valence-electron chi connectivity index (χ1n) is 7.49. The van der Waals surface area contributed by atoms with Crippen molar-refractivity contribution in [3.8, 4) is 0 Å². The van der Waals surface area contributed by atoms with Gasteiger partial charge in [0.25, 0.3) is 5.91 Å². The summed E-state index contributed by atoms with van der Waals surface area (Å²) in [7, 11) is 3.32. The van der Waals surface area contributed by atoms with Gasteiger partial charge < -0.3 is 15.5 Å². The normalized spacial score (nSPS) is 20.9. The summed E-state index contributed by atoms with van der Waals surface area (Å²) < 4.78 is 13.6. The quantitative estimate of drug-likeness (QED) is 0.780. The number of nitrogens with zero attached hydrogens (tertiary/aromatic N) is 2. The summed E-state index contributed by atoms with van der Waals surface area (Å²) in [4.78, 5) is 29.3. The molecule has 0 radical (unpaired) electrons. The van der Waals surface area contributed by atoms with Crippen molar-refractivity contribution in [2.45, 2.75) is 18.6 Å². The van der Waals surface area contributed by atoms with Gasteiger partial charge in [0.2, 0.25) is 5.91 Å². The second kappa shape index (κ2) is 7.82. The lowest BCUT2D eigenvalue weighted by Crippen LogP contribution is -2.40. The molecule has 1 aliphatic rings. The molecule has 2 heterocycles. The number of carbonyl (C=O) groups is 2. The molecule has 1 fully saturated rings. The molecule has 7 heteroatoms. The molecule has 1 aromatic rings. The SMILES string of the molecule is CNC[C@@H]1C[C@H](F)CN1C(=O)/C=C/c1cncc(C(=O)NC)c1. The van der Waals surface area contributed by atoms with Crippen LogP contribution in [0, 0.1) is 0 Å². The van der Waals surface area contributed by atoms with Gasteiger partial charge in [-0.2, -0.15) is 0 Å². The fraction of sp³-hybridized carbons (Fsp3) is 0.438. The molecule has 0 unspecified atom stereocenters. The zero-order valence-corrected chi connectivity index (χ0v) is 13.3. The Morgan fingerprint density at radius 1 is 1.43 bits per heavy atom. The smallest absolute Gasteiger partial charge is 0.252 e. The highest BCUT2D eigenvalue weighted by atomic mass is 19.1. The van der Waals surface area contributed by atoms with E-state index in [1.807, 2.05) is 0 Å². The molecule has 0 bridgehead atoms. The Morgan fingerprint density at radius 3 is 2.91 bits per heavy atom. The number of likely N-dealkylation sites (tertiary alicyclic amines) is 1. The van der Waals surface area contributed by atoms with E-state index >= 15 is 0 Å². The van der Waals surface area contributed by atoms with Gasteiger partial charge in [-0.15, -0.1) is 0 Å². The Balaban J connectivity index is 2.07. The Kier molecular flexibility index (Phi) is 5.81. The molecule has 2 N–H and O–H groups in total. The van der Waals surface area contributed by atoms with Crippen molar-refractivity contribution in [3.05, 3.63) is 35.7 Å². The molecule has 0 aliphatic carbocycles. The summed E-state index contributed by atoms with van der Waals surface area (Å²) in [6, 6.07) is 1.50. The van der Waals surface area contributed by atoms with Crippen LogP contribution in [0.1, 0.15) is 22.3 Å². The van der Waals surface area contributed by atoms with Gasteiger partial charge in [-0.25, -0.2) is 4.39 Å². The van der Waals surface area contributed by atoms with Gasteiger partial charge in [-0.3, -0.25) is 14.6 Å². The maximum Gasteiger partial charge on any atom is 0.252 e. The van der Waals surface area contributed by atoms with Gasteiger partial charge in [-0.1, -0.05) is 0 Å². The molecule has 1 aliphatic heterocycles. The summed E-state index contributed by atoms with van der Waals surface area (Å²) in [6.45, 7) is 0.680. The van der Waals surface area contributed by atoms with E-state index in [-0.39, 0.29) is 24.4 Å². The van der Waals surface area contributed by atoms with Crippen LogP contribution in [-0.4, -0.2) is 61.1 Å². The van der Waals surface area contributed by atoms with E-state index in [1.165, 1.54) is 24.2 Å². The van der Waals surface area contributed by atoms with Crippen LogP contribution in [0.2, 0.25) is 0 Å². The third-order valence-electron chi connectivity index (χ3n) is 3.75. The second-order valence-electron chi connectivity index (χ2n) is 5.45. The fourth-order valence-corrected chi connectivity index (χ4v) is 2.64. The van der Waals surface area contributed by atoms with E-state index in [4.69, 9.17) is 0 Å². The first kappa shape index (κ1) is 17.1. The topological polar surface area (TPSA) is 74.3 Å². The largest absolute Gasteiger partial charge is 0.355 e. The number of amides is 2. The van der Waals surface area contributed by atoms with Crippen molar-refractivity contribution < 1.29 is 14.0 Å². The third-order valence-corrected chi connectivity index (χ3v) is 3.75. The van der Waals surface area contributed by atoms with Crippen LogP contribution in [-0.2, 0) is 4.79 Å². The molecule has 2 atom stereocenters. The van der Waals surface area contributed by atoms with Crippen molar-refractivity contribution in [1.29, 1.82) is 0 Å². The standard InChI is InChI=1S/C16H21FN4O2/c1-18-9-14-6-13(17)10-21(14)15(22)4-3-11-5-12(8-20-7-11)16(23)19-2/h3-5,7-8,13-14,18H,6,9-10H2,1-2H3,(H,19,23)/b4-3+/t13-,14-/m0/s1. The van der Waals surface area contributed by atoms with Crippen LogP contribution in [0.5, 0.6) is 0 Å². The lowest BCUT2D eigenvalue weighted by atomic mass is 10.1. The van der Waals surface area contributed by atoms with Gasteiger partial charge in [0.05, 0.1) is 12.1 Å². The van der Waals surface area contributed by atoms with E-state index in [0.29, 0.717) is 24.1 Å². The Bertz CT molecular complexity index is 605. The predicted molar refractivity (Wildman–Crippen MR) is 85.6 cm³/mol. The lowest BCUT2D eigenvalue weighted by Gasteiger charge is -2.22. The summed E-state index contributed by atoms with van der Waals surface area (Å²) in [5.74, 6) is -0.483. The minimum Gasteiger partial charge on any atom is -0.355 e. The first-order chi connectivity index (χ1) is 11.0. The number of halogens is 1. The Morgan fingerprint density at radius 2 is 2.22 bits per heavy atom. The van der Waals surface area contributed by atoms with Crippen molar-refractivity contribution in [3.63, 3.8) is 0 Å². The molecule has 2 rings (SSSR count). The van der Waals surface area contributed by atoms with Gasteiger partial charge in [0.15, 0.2) is 0 Å². The highest BCUT2D eigenvalue weighted by molar-refractivity contribution is 5.95. The summed E-state index contributed by atoms with van der Waals surface area (Å²) >= 11 is 0. The number of rotatable bonds is 5. The van der Waals surface area contributed by atoms with Crippen molar-refractivity contribution in [2.24, 2.45) is 0 Å². The average molecular weight is 320 g/mol. The highest BCUT2D eigenvalue weighted by Crippen LogP contribution is 2.20. The van der Waals surface area contributed by atoms with Crippen LogP contribution in [0.15, 0.2) is 24.5 Å². The number of likely N-dealkylation sites (N-methyl/N-ethyl adjacent to an activating group) is 1. The van der Waals surface area contributed by atoms with Gasteiger partial charge in [0, 0.05) is 44.5 Å². The highest BCUT2D eigenvalue weighted by Gasteiger charge is 2.33.